The Balaban J connectivity index is 1.36. The number of thioether (sulfide) groups is 1. The van der Waals surface area contributed by atoms with Gasteiger partial charge in [-0.15, -0.1) is 0 Å². The van der Waals surface area contributed by atoms with Crippen LogP contribution in [0.1, 0.15) is 11.1 Å². The smallest absolute Gasteiger partial charge is 0.294 e. The molecule has 1 N–H and O–H groups in total. The van der Waals surface area contributed by atoms with Crippen molar-refractivity contribution in [3.05, 3.63) is 96.2 Å². The molecule has 6 nitrogen and oxygen atoms in total. The summed E-state index contributed by atoms with van der Waals surface area (Å²) in [7, 11) is 0. The van der Waals surface area contributed by atoms with E-state index in [9.17, 15) is 14.4 Å². The number of nitrogens with zero attached hydrogens (tertiary/aromatic N) is 1. The molecule has 0 unspecified atom stereocenters. The Kier molecular flexibility index (Phi) is 8.64. The molecule has 4 rings (SSSR count). The van der Waals surface area contributed by atoms with Gasteiger partial charge in [-0.3, -0.25) is 19.3 Å². The number of amides is 3. The molecule has 3 aromatic rings. The van der Waals surface area contributed by atoms with E-state index in [1.807, 2.05) is 0 Å². The minimum atomic E-state index is -0.535. The summed E-state index contributed by atoms with van der Waals surface area (Å²) in [5.74, 6) is -0.443. The van der Waals surface area contributed by atoms with Crippen LogP contribution in [-0.4, -0.2) is 28.5 Å². The minimum absolute atomic E-state index is 0.223. The summed E-state index contributed by atoms with van der Waals surface area (Å²) in [6.07, 6.45) is 1.59. The Morgan fingerprint density at radius 3 is 2.44 bits per heavy atom. The lowest BCUT2D eigenvalue weighted by molar-refractivity contribution is -0.127. The van der Waals surface area contributed by atoms with E-state index in [4.69, 9.17) is 39.5 Å². The molecule has 0 aliphatic carbocycles. The van der Waals surface area contributed by atoms with Crippen molar-refractivity contribution in [3.8, 4) is 5.75 Å². The molecule has 0 spiro atoms. The van der Waals surface area contributed by atoms with Gasteiger partial charge in [0.15, 0.2) is 0 Å². The highest BCUT2D eigenvalue weighted by molar-refractivity contribution is 9.10. The third-order valence-electron chi connectivity index (χ3n) is 4.97. The summed E-state index contributed by atoms with van der Waals surface area (Å²) in [5, 5.41) is 3.60. The molecule has 0 saturated carbocycles. The summed E-state index contributed by atoms with van der Waals surface area (Å²) in [4.78, 5) is 38.6. The zero-order valence-electron chi connectivity index (χ0n) is 18.3. The third kappa shape index (κ3) is 6.63. The standard InChI is InChI=1S/C25H16BrCl3N2O4S/c26-19-8-5-17(11-21(19)29)30-23(32)12-31-24(33)22(36-25(31)34)9-14-1-6-18(7-2-14)35-13-15-3-4-16(27)10-20(15)28/h1-11H,12-13H2,(H,30,32)/b22-9+. The molecule has 3 amide bonds. The minimum Gasteiger partial charge on any atom is -0.489 e. The predicted octanol–water partition coefficient (Wildman–Crippen LogP) is 7.66. The lowest BCUT2D eigenvalue weighted by atomic mass is 10.2. The molecule has 1 aliphatic rings. The van der Waals surface area contributed by atoms with Gasteiger partial charge in [0.1, 0.15) is 18.9 Å². The zero-order valence-corrected chi connectivity index (χ0v) is 22.9. The predicted molar refractivity (Wildman–Crippen MR) is 148 cm³/mol. The second-order valence-electron chi connectivity index (χ2n) is 7.54. The highest BCUT2D eigenvalue weighted by Gasteiger charge is 2.36. The summed E-state index contributed by atoms with van der Waals surface area (Å²) in [6, 6.07) is 17.1. The maximum absolute atomic E-state index is 12.8. The Morgan fingerprint density at radius 2 is 1.75 bits per heavy atom. The normalized spacial score (nSPS) is 14.4. The van der Waals surface area contributed by atoms with Crippen LogP contribution in [-0.2, 0) is 16.2 Å². The van der Waals surface area contributed by atoms with Gasteiger partial charge in [0.2, 0.25) is 5.91 Å². The molecule has 1 saturated heterocycles. The summed E-state index contributed by atoms with van der Waals surface area (Å²) >= 11 is 22.2. The first-order chi connectivity index (χ1) is 17.2. The van der Waals surface area contributed by atoms with Crippen LogP contribution in [0.5, 0.6) is 5.75 Å². The molecule has 1 fully saturated rings. The van der Waals surface area contributed by atoms with Gasteiger partial charge in [0.05, 0.1) is 9.93 Å². The van der Waals surface area contributed by atoms with Gasteiger partial charge in [-0.1, -0.05) is 53.0 Å². The maximum atomic E-state index is 12.8. The average Bonchev–Trinajstić information content (AvgIpc) is 3.09. The number of anilines is 1. The Hall–Kier alpha value is -2.49. The number of hydrogen-bond donors (Lipinski definition) is 1. The van der Waals surface area contributed by atoms with Gasteiger partial charge in [-0.25, -0.2) is 0 Å². The Morgan fingerprint density at radius 1 is 1.00 bits per heavy atom. The number of ether oxygens (including phenoxy) is 1. The molecular weight excluding hydrogens is 611 g/mol. The van der Waals surface area contributed by atoms with Crippen molar-refractivity contribution in [2.75, 3.05) is 11.9 Å². The van der Waals surface area contributed by atoms with E-state index < -0.39 is 23.6 Å². The number of benzene rings is 3. The van der Waals surface area contributed by atoms with E-state index in [1.54, 1.807) is 66.7 Å². The molecule has 0 bridgehead atoms. The summed E-state index contributed by atoms with van der Waals surface area (Å²) < 4.78 is 6.45. The summed E-state index contributed by atoms with van der Waals surface area (Å²) in [6.45, 7) is -0.140. The second kappa shape index (κ2) is 11.7. The molecule has 1 aliphatic heterocycles. The van der Waals surface area contributed by atoms with E-state index in [2.05, 4.69) is 21.2 Å². The van der Waals surface area contributed by atoms with Crippen LogP contribution < -0.4 is 10.1 Å². The molecular formula is C25H16BrCl3N2O4S. The van der Waals surface area contributed by atoms with Crippen LogP contribution in [0.15, 0.2) is 70.0 Å². The fourth-order valence-corrected chi connectivity index (χ4v) is 4.89. The molecule has 0 radical (unpaired) electrons. The Labute approximate surface area is 234 Å². The van der Waals surface area contributed by atoms with Gasteiger partial charge in [0, 0.05) is 25.8 Å². The van der Waals surface area contributed by atoms with Gasteiger partial charge >= 0.3 is 0 Å². The lowest BCUT2D eigenvalue weighted by Gasteiger charge is -2.12. The average molecular weight is 627 g/mol. The first kappa shape index (κ1) is 26.6. The number of nitrogens with one attached hydrogen (secondary N) is 1. The highest BCUT2D eigenvalue weighted by atomic mass is 79.9. The van der Waals surface area contributed by atoms with Gasteiger partial charge in [-0.05, 0) is 81.8 Å². The van der Waals surface area contributed by atoms with Crippen molar-refractivity contribution in [1.29, 1.82) is 0 Å². The van der Waals surface area contributed by atoms with Crippen LogP contribution in [0.2, 0.25) is 15.1 Å². The lowest BCUT2D eigenvalue weighted by Crippen LogP contribution is -2.36. The number of imide groups is 1. The Bertz CT molecular complexity index is 1380. The molecule has 0 atom stereocenters. The molecule has 36 heavy (non-hydrogen) atoms. The second-order valence-corrected chi connectivity index (χ2v) is 10.6. The van der Waals surface area contributed by atoms with Crippen LogP contribution in [0.3, 0.4) is 0 Å². The van der Waals surface area contributed by atoms with Crippen LogP contribution >= 0.6 is 62.5 Å². The largest absolute Gasteiger partial charge is 0.489 e. The third-order valence-corrected chi connectivity index (χ3v) is 7.69. The number of carbonyl (C=O) groups excluding carboxylic acids is 3. The highest BCUT2D eigenvalue weighted by Crippen LogP contribution is 2.33. The van der Waals surface area contributed by atoms with Crippen molar-refractivity contribution in [3.63, 3.8) is 0 Å². The maximum Gasteiger partial charge on any atom is 0.294 e. The van der Waals surface area contributed by atoms with Crippen LogP contribution in [0, 0.1) is 0 Å². The molecule has 0 aromatic heterocycles. The van der Waals surface area contributed by atoms with E-state index in [-0.39, 0.29) is 11.5 Å². The number of hydrogen-bond acceptors (Lipinski definition) is 5. The van der Waals surface area contributed by atoms with Gasteiger partial charge < -0.3 is 10.1 Å². The number of halogens is 4. The van der Waals surface area contributed by atoms with E-state index >= 15 is 0 Å². The topological polar surface area (TPSA) is 75.7 Å². The fraction of sp³-hybridized carbons (Fsp3) is 0.0800. The molecule has 3 aromatic carbocycles. The number of carbonyl (C=O) groups is 3. The molecule has 11 heteroatoms. The quantitative estimate of drug-likeness (QED) is 0.273. The van der Waals surface area contributed by atoms with Crippen molar-refractivity contribution in [2.45, 2.75) is 6.61 Å². The number of rotatable bonds is 7. The van der Waals surface area contributed by atoms with Crippen molar-refractivity contribution >= 4 is 91.3 Å². The summed E-state index contributed by atoms with van der Waals surface area (Å²) in [5.41, 5.74) is 1.95. The van der Waals surface area contributed by atoms with Crippen molar-refractivity contribution in [2.24, 2.45) is 0 Å². The van der Waals surface area contributed by atoms with E-state index in [1.165, 1.54) is 0 Å². The SMILES string of the molecule is O=C(CN1C(=O)S/C(=C/c2ccc(OCc3ccc(Cl)cc3Cl)cc2)C1=O)Nc1ccc(Br)c(Cl)c1. The first-order valence-corrected chi connectivity index (χ1v) is 13.1. The van der Waals surface area contributed by atoms with Crippen LogP contribution in [0.25, 0.3) is 6.08 Å². The van der Waals surface area contributed by atoms with E-state index in [0.717, 1.165) is 22.2 Å². The molecule has 1 heterocycles. The van der Waals surface area contributed by atoms with E-state index in [0.29, 0.717) is 36.5 Å². The zero-order chi connectivity index (χ0) is 25.8. The van der Waals surface area contributed by atoms with Crippen molar-refractivity contribution < 1.29 is 19.1 Å². The monoisotopic (exact) mass is 624 g/mol. The van der Waals surface area contributed by atoms with Gasteiger partial charge in [0.25, 0.3) is 11.1 Å². The fourth-order valence-electron chi connectivity index (χ4n) is 3.17. The van der Waals surface area contributed by atoms with Crippen molar-refractivity contribution in [1.82, 2.24) is 4.90 Å². The molecule has 184 valence electrons. The van der Waals surface area contributed by atoms with Crippen LogP contribution in [0.4, 0.5) is 10.5 Å². The van der Waals surface area contributed by atoms with Gasteiger partial charge in [-0.2, -0.15) is 0 Å². The first-order valence-electron chi connectivity index (χ1n) is 10.4.